The van der Waals surface area contributed by atoms with E-state index in [0.29, 0.717) is 12.3 Å². The van der Waals surface area contributed by atoms with Crippen LogP contribution in [0, 0.1) is 0 Å². The van der Waals surface area contributed by atoms with Crippen molar-refractivity contribution in [2.45, 2.75) is 12.6 Å². The summed E-state index contributed by atoms with van der Waals surface area (Å²) in [7, 11) is 0. The summed E-state index contributed by atoms with van der Waals surface area (Å²) < 4.78 is 6.62. The van der Waals surface area contributed by atoms with Gasteiger partial charge in [0, 0.05) is 0 Å². The van der Waals surface area contributed by atoms with Gasteiger partial charge in [-0.1, -0.05) is 30.3 Å². The lowest BCUT2D eigenvalue weighted by atomic mass is 10.1. The van der Waals surface area contributed by atoms with Crippen molar-refractivity contribution in [1.29, 1.82) is 0 Å². The maximum atomic E-state index is 12.5. The van der Waals surface area contributed by atoms with Crippen LogP contribution in [0.5, 0.6) is 0 Å². The highest BCUT2D eigenvalue weighted by molar-refractivity contribution is 5.83. The van der Waals surface area contributed by atoms with Crippen LogP contribution in [-0.4, -0.2) is 26.1 Å². The Morgan fingerprint density at radius 3 is 2.76 bits per heavy atom. The van der Waals surface area contributed by atoms with Gasteiger partial charge in [-0.25, -0.2) is 4.68 Å². The second-order valence-electron chi connectivity index (χ2n) is 4.40. The van der Waals surface area contributed by atoms with Gasteiger partial charge < -0.3 is 9.73 Å². The summed E-state index contributed by atoms with van der Waals surface area (Å²) in [5, 5.41) is 13.8. The van der Waals surface area contributed by atoms with Crippen LogP contribution in [0.15, 0.2) is 59.5 Å². The fraction of sp³-hybridized carbons (Fsp3) is 0.143. The normalized spacial score (nSPS) is 12.0. The Hall–Kier alpha value is -2.96. The van der Waals surface area contributed by atoms with Crippen LogP contribution in [0.3, 0.4) is 0 Å². The lowest BCUT2D eigenvalue weighted by Gasteiger charge is -2.16. The molecule has 1 amide bonds. The number of rotatable bonds is 5. The molecule has 0 bridgehead atoms. The molecular weight excluding hydrogens is 270 g/mol. The smallest absolute Gasteiger partial charge is 0.249 e. The van der Waals surface area contributed by atoms with Gasteiger partial charge in [0.25, 0.3) is 0 Å². The summed E-state index contributed by atoms with van der Waals surface area (Å²) in [5.74, 6) is 0.483. The molecule has 0 aliphatic rings. The molecule has 0 spiro atoms. The third kappa shape index (κ3) is 2.97. The van der Waals surface area contributed by atoms with E-state index in [4.69, 9.17) is 4.42 Å². The largest absolute Gasteiger partial charge is 0.467 e. The molecule has 1 aromatic carbocycles. The summed E-state index contributed by atoms with van der Waals surface area (Å²) in [6.07, 6.45) is 2.99. The molecular formula is C14H13N5O2. The second kappa shape index (κ2) is 6.00. The standard InChI is InChI=1S/C14H13N5O2/c20-14(15-9-12-7-4-8-21-12)13(19-10-16-17-18-19)11-5-2-1-3-6-11/h1-8,10,13H,9H2,(H,15,20)/t13-/m1/s1. The number of hydrogen-bond donors (Lipinski definition) is 1. The van der Waals surface area contributed by atoms with Crippen LogP contribution in [0.2, 0.25) is 0 Å². The topological polar surface area (TPSA) is 85.8 Å². The number of hydrogen-bond acceptors (Lipinski definition) is 5. The van der Waals surface area contributed by atoms with Crippen LogP contribution in [0.25, 0.3) is 0 Å². The minimum atomic E-state index is -0.615. The Kier molecular flexibility index (Phi) is 3.72. The zero-order valence-corrected chi connectivity index (χ0v) is 11.1. The number of carbonyl (C=O) groups excluding carboxylic acids is 1. The fourth-order valence-corrected chi connectivity index (χ4v) is 2.03. The number of carbonyl (C=O) groups is 1. The highest BCUT2D eigenvalue weighted by Gasteiger charge is 2.23. The molecule has 0 fully saturated rings. The van der Waals surface area contributed by atoms with Crippen molar-refractivity contribution in [3.63, 3.8) is 0 Å². The monoisotopic (exact) mass is 283 g/mol. The van der Waals surface area contributed by atoms with E-state index >= 15 is 0 Å². The molecule has 1 N–H and O–H groups in total. The van der Waals surface area contributed by atoms with E-state index in [-0.39, 0.29) is 5.91 Å². The number of amides is 1. The Morgan fingerprint density at radius 1 is 1.24 bits per heavy atom. The molecule has 0 aliphatic heterocycles. The first kappa shape index (κ1) is 13.0. The first-order valence-electron chi connectivity index (χ1n) is 6.42. The Morgan fingerprint density at radius 2 is 2.10 bits per heavy atom. The minimum absolute atomic E-state index is 0.204. The fourth-order valence-electron chi connectivity index (χ4n) is 2.03. The van der Waals surface area contributed by atoms with E-state index < -0.39 is 6.04 Å². The number of benzene rings is 1. The highest BCUT2D eigenvalue weighted by atomic mass is 16.3. The molecule has 2 heterocycles. The molecule has 0 radical (unpaired) electrons. The summed E-state index contributed by atoms with van der Waals surface area (Å²) in [5.41, 5.74) is 0.807. The molecule has 1 atom stereocenters. The van der Waals surface area contributed by atoms with Crippen molar-refractivity contribution < 1.29 is 9.21 Å². The molecule has 2 aromatic heterocycles. The van der Waals surface area contributed by atoms with E-state index in [1.807, 2.05) is 30.3 Å². The third-order valence-electron chi connectivity index (χ3n) is 3.01. The molecule has 7 nitrogen and oxygen atoms in total. The zero-order chi connectivity index (χ0) is 14.5. The number of furan rings is 1. The first-order chi connectivity index (χ1) is 10.3. The number of nitrogens with zero attached hydrogens (tertiary/aromatic N) is 4. The van der Waals surface area contributed by atoms with E-state index in [0.717, 1.165) is 5.56 Å². The summed E-state index contributed by atoms with van der Waals surface area (Å²) in [6, 6.07) is 12.3. The second-order valence-corrected chi connectivity index (χ2v) is 4.40. The first-order valence-corrected chi connectivity index (χ1v) is 6.42. The lowest BCUT2D eigenvalue weighted by molar-refractivity contribution is -0.123. The molecule has 3 aromatic rings. The van der Waals surface area contributed by atoms with Gasteiger partial charge in [0.15, 0.2) is 6.04 Å². The average Bonchev–Trinajstić information content (AvgIpc) is 3.20. The maximum Gasteiger partial charge on any atom is 0.249 e. The van der Waals surface area contributed by atoms with Gasteiger partial charge in [0.1, 0.15) is 12.1 Å². The molecule has 106 valence electrons. The van der Waals surface area contributed by atoms with Gasteiger partial charge in [0.05, 0.1) is 12.8 Å². The zero-order valence-electron chi connectivity index (χ0n) is 11.1. The van der Waals surface area contributed by atoms with Gasteiger partial charge >= 0.3 is 0 Å². The van der Waals surface area contributed by atoms with E-state index in [2.05, 4.69) is 20.8 Å². The quantitative estimate of drug-likeness (QED) is 0.759. The van der Waals surface area contributed by atoms with Gasteiger partial charge in [0.2, 0.25) is 5.91 Å². The predicted molar refractivity (Wildman–Crippen MR) is 73.0 cm³/mol. The maximum absolute atomic E-state index is 12.5. The van der Waals surface area contributed by atoms with Crippen LogP contribution in [-0.2, 0) is 11.3 Å². The number of tetrazole rings is 1. The van der Waals surface area contributed by atoms with Crippen LogP contribution in [0.1, 0.15) is 17.4 Å². The van der Waals surface area contributed by atoms with Crippen molar-refractivity contribution in [1.82, 2.24) is 25.5 Å². The summed E-state index contributed by atoms with van der Waals surface area (Å²) in [4.78, 5) is 12.5. The van der Waals surface area contributed by atoms with Crippen molar-refractivity contribution >= 4 is 5.91 Å². The molecule has 3 rings (SSSR count). The van der Waals surface area contributed by atoms with Gasteiger partial charge in [-0.05, 0) is 28.1 Å². The van der Waals surface area contributed by atoms with Gasteiger partial charge in [-0.15, -0.1) is 5.10 Å². The molecule has 7 heteroatoms. The van der Waals surface area contributed by atoms with Crippen molar-refractivity contribution in [3.8, 4) is 0 Å². The van der Waals surface area contributed by atoms with Crippen LogP contribution < -0.4 is 5.32 Å². The molecule has 0 saturated heterocycles. The Balaban J connectivity index is 1.80. The van der Waals surface area contributed by atoms with Crippen molar-refractivity contribution in [3.05, 3.63) is 66.4 Å². The third-order valence-corrected chi connectivity index (χ3v) is 3.01. The average molecular weight is 283 g/mol. The van der Waals surface area contributed by atoms with Crippen molar-refractivity contribution in [2.75, 3.05) is 0 Å². The highest BCUT2D eigenvalue weighted by Crippen LogP contribution is 2.17. The Bertz CT molecular complexity index is 680. The number of aromatic nitrogens is 4. The molecule has 0 saturated carbocycles. The summed E-state index contributed by atoms with van der Waals surface area (Å²) in [6.45, 7) is 0.317. The van der Waals surface area contributed by atoms with E-state index in [1.165, 1.54) is 11.0 Å². The SMILES string of the molecule is O=C(NCc1ccco1)[C@@H](c1ccccc1)n1cnnn1. The lowest BCUT2D eigenvalue weighted by Crippen LogP contribution is -2.33. The Labute approximate surface area is 120 Å². The van der Waals surface area contributed by atoms with E-state index in [9.17, 15) is 4.79 Å². The van der Waals surface area contributed by atoms with Gasteiger partial charge in [-0.3, -0.25) is 4.79 Å². The predicted octanol–water partition coefficient (Wildman–Crippen LogP) is 1.17. The van der Waals surface area contributed by atoms with Gasteiger partial charge in [-0.2, -0.15) is 0 Å². The van der Waals surface area contributed by atoms with Crippen LogP contribution >= 0.6 is 0 Å². The van der Waals surface area contributed by atoms with Crippen molar-refractivity contribution in [2.24, 2.45) is 0 Å². The molecule has 0 aliphatic carbocycles. The molecule has 0 unspecified atom stereocenters. The number of nitrogens with one attached hydrogen (secondary N) is 1. The summed E-state index contributed by atoms with van der Waals surface area (Å²) >= 11 is 0. The minimum Gasteiger partial charge on any atom is -0.467 e. The van der Waals surface area contributed by atoms with E-state index in [1.54, 1.807) is 18.4 Å². The van der Waals surface area contributed by atoms with Crippen LogP contribution in [0.4, 0.5) is 0 Å². The molecule has 21 heavy (non-hydrogen) atoms.